The number of rotatable bonds is 4. The van der Waals surface area contributed by atoms with Crippen LogP contribution in [0.1, 0.15) is 19.4 Å². The van der Waals surface area contributed by atoms with Crippen molar-refractivity contribution in [3.05, 3.63) is 29.8 Å². The first-order valence-corrected chi connectivity index (χ1v) is 7.55. The second-order valence-corrected chi connectivity index (χ2v) is 6.78. The van der Waals surface area contributed by atoms with E-state index in [1.165, 1.54) is 0 Å². The molecule has 2 atom stereocenters. The molecule has 0 bridgehead atoms. The molecule has 0 spiro atoms. The van der Waals surface area contributed by atoms with Gasteiger partial charge in [0.15, 0.2) is 0 Å². The third kappa shape index (κ3) is 2.96. The van der Waals surface area contributed by atoms with Crippen LogP contribution in [0.2, 0.25) is 0 Å². The Bertz CT molecular complexity index is 577. The van der Waals surface area contributed by atoms with E-state index in [1.54, 1.807) is 38.1 Å². The molecule has 0 amide bonds. The van der Waals surface area contributed by atoms with Crippen molar-refractivity contribution in [3.63, 3.8) is 0 Å². The number of nitrogens with zero attached hydrogens (tertiary/aromatic N) is 1. The summed E-state index contributed by atoms with van der Waals surface area (Å²) in [5.41, 5.74) is 0.987. The van der Waals surface area contributed by atoms with Gasteiger partial charge in [0.05, 0.1) is 11.0 Å². The maximum absolute atomic E-state index is 12.2. The van der Waals surface area contributed by atoms with Crippen molar-refractivity contribution < 1.29 is 17.9 Å². The van der Waals surface area contributed by atoms with E-state index >= 15 is 0 Å². The van der Waals surface area contributed by atoms with Gasteiger partial charge in [0.25, 0.3) is 0 Å². The standard InChI is InChI=1S/C13H17NO4S/c1-9(2)18-13(15)12-8-14(12)19(16,17)11-6-4-10(3)5-7-11/h4-7,9,12H,8H2,1-3H3/t12-,14?/m1/s1. The van der Waals surface area contributed by atoms with E-state index in [0.29, 0.717) is 0 Å². The van der Waals surface area contributed by atoms with E-state index in [4.69, 9.17) is 4.74 Å². The molecule has 19 heavy (non-hydrogen) atoms. The summed E-state index contributed by atoms with van der Waals surface area (Å²) in [5, 5.41) is 0. The first-order chi connectivity index (χ1) is 8.82. The maximum atomic E-state index is 12.2. The number of sulfonamides is 1. The molecule has 0 radical (unpaired) electrons. The van der Waals surface area contributed by atoms with Crippen LogP contribution in [0, 0.1) is 6.92 Å². The fraction of sp³-hybridized carbons (Fsp3) is 0.462. The number of benzene rings is 1. The van der Waals surface area contributed by atoms with Gasteiger partial charge < -0.3 is 4.74 Å². The van der Waals surface area contributed by atoms with Crippen LogP contribution in [-0.4, -0.2) is 37.4 Å². The molecule has 1 fully saturated rings. The molecule has 1 unspecified atom stereocenters. The molecule has 2 rings (SSSR count). The molecule has 0 saturated carbocycles. The van der Waals surface area contributed by atoms with Gasteiger partial charge in [-0.15, -0.1) is 0 Å². The highest BCUT2D eigenvalue weighted by atomic mass is 32.2. The molecule has 1 aliphatic heterocycles. The first-order valence-electron chi connectivity index (χ1n) is 6.11. The molecular weight excluding hydrogens is 266 g/mol. The highest BCUT2D eigenvalue weighted by Crippen LogP contribution is 2.29. The third-order valence-electron chi connectivity index (χ3n) is 2.82. The van der Waals surface area contributed by atoms with Gasteiger partial charge in [-0.3, -0.25) is 4.79 Å². The Hall–Kier alpha value is -1.40. The number of esters is 1. The Balaban J connectivity index is 2.11. The predicted molar refractivity (Wildman–Crippen MR) is 70.1 cm³/mol. The van der Waals surface area contributed by atoms with E-state index < -0.39 is 22.0 Å². The van der Waals surface area contributed by atoms with Gasteiger partial charge in [-0.25, -0.2) is 8.42 Å². The highest BCUT2D eigenvalue weighted by Gasteiger charge is 2.50. The van der Waals surface area contributed by atoms with Crippen LogP contribution in [-0.2, 0) is 19.6 Å². The molecule has 0 N–H and O–H groups in total. The minimum Gasteiger partial charge on any atom is -0.462 e. The zero-order valence-electron chi connectivity index (χ0n) is 11.2. The second-order valence-electron chi connectivity index (χ2n) is 4.89. The number of hydrogen-bond acceptors (Lipinski definition) is 4. The lowest BCUT2D eigenvalue weighted by molar-refractivity contribution is -0.147. The Kier molecular flexibility index (Phi) is 3.64. The minimum atomic E-state index is -3.58. The number of aryl methyl sites for hydroxylation is 1. The van der Waals surface area contributed by atoms with Gasteiger partial charge in [0.2, 0.25) is 10.0 Å². The van der Waals surface area contributed by atoms with Crippen LogP contribution < -0.4 is 0 Å². The highest BCUT2D eigenvalue weighted by molar-refractivity contribution is 7.89. The van der Waals surface area contributed by atoms with Crippen molar-refractivity contribution in [2.75, 3.05) is 6.54 Å². The predicted octanol–water partition coefficient (Wildman–Crippen LogP) is 1.32. The number of ether oxygens (including phenoxy) is 1. The van der Waals surface area contributed by atoms with Crippen molar-refractivity contribution in [3.8, 4) is 0 Å². The summed E-state index contributed by atoms with van der Waals surface area (Å²) < 4.78 is 30.6. The minimum absolute atomic E-state index is 0.196. The van der Waals surface area contributed by atoms with E-state index in [1.807, 2.05) is 6.92 Å². The zero-order chi connectivity index (χ0) is 14.2. The Morgan fingerprint density at radius 2 is 1.89 bits per heavy atom. The van der Waals surface area contributed by atoms with Crippen molar-refractivity contribution in [1.29, 1.82) is 0 Å². The summed E-state index contributed by atoms with van der Waals surface area (Å²) in [5.74, 6) is -0.481. The molecule has 1 heterocycles. The van der Waals surface area contributed by atoms with Crippen LogP contribution in [0.15, 0.2) is 29.2 Å². The monoisotopic (exact) mass is 283 g/mol. The Labute approximate surface area is 113 Å². The normalized spacial score (nSPS) is 22.3. The molecule has 0 aromatic heterocycles. The molecule has 6 heteroatoms. The summed E-state index contributed by atoms with van der Waals surface area (Å²) in [4.78, 5) is 11.8. The molecular formula is C13H17NO4S. The number of carbonyl (C=O) groups is 1. The van der Waals surface area contributed by atoms with E-state index in [-0.39, 0.29) is 17.5 Å². The van der Waals surface area contributed by atoms with Crippen LogP contribution in [0.3, 0.4) is 0 Å². The lowest BCUT2D eigenvalue weighted by Gasteiger charge is -2.09. The second kappa shape index (κ2) is 4.94. The smallest absolute Gasteiger partial charge is 0.326 e. The SMILES string of the molecule is Cc1ccc(S(=O)(=O)N2C[C@@H]2C(=O)OC(C)C)cc1. The van der Waals surface area contributed by atoms with Crippen molar-refractivity contribution >= 4 is 16.0 Å². The van der Waals surface area contributed by atoms with Crippen LogP contribution >= 0.6 is 0 Å². The molecule has 1 aromatic carbocycles. The molecule has 1 aliphatic rings. The molecule has 0 aliphatic carbocycles. The Morgan fingerprint density at radius 1 is 1.32 bits per heavy atom. The molecule has 1 aromatic rings. The summed E-state index contributed by atoms with van der Waals surface area (Å²) in [6.45, 7) is 5.55. The topological polar surface area (TPSA) is 63.5 Å². The van der Waals surface area contributed by atoms with Gasteiger partial charge in [0.1, 0.15) is 6.04 Å². The fourth-order valence-electron chi connectivity index (χ4n) is 1.74. The summed E-state index contributed by atoms with van der Waals surface area (Å²) in [6, 6.07) is 5.89. The largest absolute Gasteiger partial charge is 0.462 e. The van der Waals surface area contributed by atoms with Crippen LogP contribution in [0.25, 0.3) is 0 Å². The summed E-state index contributed by atoms with van der Waals surface area (Å²) in [6.07, 6.45) is -0.239. The molecule has 5 nitrogen and oxygen atoms in total. The third-order valence-corrected chi connectivity index (χ3v) is 4.71. The average molecular weight is 283 g/mol. The van der Waals surface area contributed by atoms with Crippen molar-refractivity contribution in [2.24, 2.45) is 0 Å². The number of hydrogen-bond donors (Lipinski definition) is 0. The van der Waals surface area contributed by atoms with E-state index in [0.717, 1.165) is 9.87 Å². The fourth-order valence-corrected chi connectivity index (χ4v) is 3.25. The van der Waals surface area contributed by atoms with Gasteiger partial charge in [-0.05, 0) is 32.9 Å². The van der Waals surface area contributed by atoms with E-state index in [9.17, 15) is 13.2 Å². The van der Waals surface area contributed by atoms with Crippen LogP contribution in [0.4, 0.5) is 0 Å². The first kappa shape index (κ1) is 14.0. The zero-order valence-corrected chi connectivity index (χ0v) is 12.0. The van der Waals surface area contributed by atoms with Gasteiger partial charge in [-0.1, -0.05) is 17.7 Å². The molecule has 1 saturated heterocycles. The summed E-state index contributed by atoms with van der Waals surface area (Å²) >= 11 is 0. The number of carbonyl (C=O) groups excluding carboxylic acids is 1. The average Bonchev–Trinajstić information content (AvgIpc) is 3.09. The van der Waals surface area contributed by atoms with E-state index in [2.05, 4.69) is 0 Å². The van der Waals surface area contributed by atoms with Gasteiger partial charge in [-0.2, -0.15) is 4.31 Å². The lowest BCUT2D eigenvalue weighted by Crippen LogP contribution is -2.23. The van der Waals surface area contributed by atoms with Gasteiger partial charge >= 0.3 is 5.97 Å². The van der Waals surface area contributed by atoms with Crippen molar-refractivity contribution in [2.45, 2.75) is 37.8 Å². The maximum Gasteiger partial charge on any atom is 0.326 e. The van der Waals surface area contributed by atoms with Gasteiger partial charge in [0, 0.05) is 6.54 Å². The summed E-state index contributed by atoms with van der Waals surface area (Å²) in [7, 11) is -3.58. The van der Waals surface area contributed by atoms with Crippen LogP contribution in [0.5, 0.6) is 0 Å². The van der Waals surface area contributed by atoms with Crippen molar-refractivity contribution in [1.82, 2.24) is 4.31 Å². The Morgan fingerprint density at radius 3 is 2.42 bits per heavy atom. The lowest BCUT2D eigenvalue weighted by atomic mass is 10.2. The quantitative estimate of drug-likeness (QED) is 0.617. The molecule has 104 valence electrons.